The molecule has 1 heterocycles. The summed E-state index contributed by atoms with van der Waals surface area (Å²) in [6.07, 6.45) is 5.76. The summed E-state index contributed by atoms with van der Waals surface area (Å²) in [7, 11) is 0. The van der Waals surface area contributed by atoms with Crippen LogP contribution in [0.2, 0.25) is 5.15 Å². The summed E-state index contributed by atoms with van der Waals surface area (Å²) in [6.45, 7) is 0.895. The molecule has 1 aromatic rings. The van der Waals surface area contributed by atoms with Crippen molar-refractivity contribution in [2.24, 2.45) is 0 Å². The second-order valence-corrected chi connectivity index (χ2v) is 4.92. The highest BCUT2D eigenvalue weighted by Crippen LogP contribution is 2.18. The van der Waals surface area contributed by atoms with Gasteiger partial charge in [-0.3, -0.25) is 0 Å². The number of nitrogen functional groups attached to an aromatic ring is 1. The van der Waals surface area contributed by atoms with Crippen molar-refractivity contribution in [3.8, 4) is 0 Å². The van der Waals surface area contributed by atoms with Crippen molar-refractivity contribution >= 4 is 34.9 Å². The molecule has 0 bridgehead atoms. The van der Waals surface area contributed by atoms with E-state index >= 15 is 0 Å². The minimum Gasteiger partial charge on any atom is -0.396 e. The van der Waals surface area contributed by atoms with Crippen molar-refractivity contribution < 1.29 is 0 Å². The Morgan fingerprint density at radius 1 is 1.38 bits per heavy atom. The number of halogens is 1. The van der Waals surface area contributed by atoms with Crippen LogP contribution in [-0.2, 0) is 0 Å². The maximum atomic E-state index is 5.79. The van der Waals surface area contributed by atoms with E-state index in [-0.39, 0.29) is 0 Å². The van der Waals surface area contributed by atoms with Crippen LogP contribution in [0.3, 0.4) is 0 Å². The van der Waals surface area contributed by atoms with E-state index in [0.29, 0.717) is 16.7 Å². The van der Waals surface area contributed by atoms with E-state index in [2.05, 4.69) is 16.6 Å². The Hall–Kier alpha value is -0.610. The van der Waals surface area contributed by atoms with Crippen molar-refractivity contribution in [2.45, 2.75) is 19.3 Å². The standard InChI is InChI=1S/C11H18ClN3S/c1-16-8-4-2-3-7-14-11-9(13)5-6-10(12)15-11/h5-6H,2-4,7-8,13H2,1H3,(H,14,15). The van der Waals surface area contributed by atoms with E-state index in [1.54, 1.807) is 12.1 Å². The number of unbranched alkanes of at least 4 members (excludes halogenated alkanes) is 2. The fourth-order valence-corrected chi connectivity index (χ4v) is 1.98. The monoisotopic (exact) mass is 259 g/mol. The molecular formula is C11H18ClN3S. The van der Waals surface area contributed by atoms with Gasteiger partial charge < -0.3 is 11.1 Å². The molecule has 0 saturated carbocycles. The second kappa shape index (κ2) is 7.63. The second-order valence-electron chi connectivity index (χ2n) is 3.55. The lowest BCUT2D eigenvalue weighted by atomic mass is 10.2. The van der Waals surface area contributed by atoms with E-state index in [1.165, 1.54) is 18.6 Å². The van der Waals surface area contributed by atoms with Gasteiger partial charge in [0.05, 0.1) is 5.69 Å². The molecule has 0 aliphatic rings. The van der Waals surface area contributed by atoms with E-state index < -0.39 is 0 Å². The number of pyridine rings is 1. The summed E-state index contributed by atoms with van der Waals surface area (Å²) in [5, 5.41) is 3.67. The average Bonchev–Trinajstić information content (AvgIpc) is 2.28. The first-order valence-corrected chi connectivity index (χ1v) is 7.16. The normalized spacial score (nSPS) is 10.4. The quantitative estimate of drug-likeness (QED) is 0.583. The Balaban J connectivity index is 2.23. The predicted octanol–water partition coefficient (Wildman–Crippen LogP) is 3.26. The first-order chi connectivity index (χ1) is 7.74. The number of aromatic nitrogens is 1. The van der Waals surface area contributed by atoms with Crippen LogP contribution < -0.4 is 11.1 Å². The van der Waals surface area contributed by atoms with Crippen molar-refractivity contribution in [1.29, 1.82) is 0 Å². The van der Waals surface area contributed by atoms with Crippen molar-refractivity contribution in [1.82, 2.24) is 4.98 Å². The summed E-state index contributed by atoms with van der Waals surface area (Å²) in [6, 6.07) is 3.46. The molecule has 1 rings (SSSR count). The molecule has 0 aliphatic heterocycles. The Labute approximate surface area is 106 Å². The number of thioether (sulfide) groups is 1. The largest absolute Gasteiger partial charge is 0.396 e. The summed E-state index contributed by atoms with van der Waals surface area (Å²) in [5.41, 5.74) is 6.41. The zero-order chi connectivity index (χ0) is 11.8. The first-order valence-electron chi connectivity index (χ1n) is 5.39. The van der Waals surface area contributed by atoms with Gasteiger partial charge in [-0.05, 0) is 37.0 Å². The summed E-state index contributed by atoms with van der Waals surface area (Å²) >= 11 is 7.68. The zero-order valence-corrected chi connectivity index (χ0v) is 11.1. The minimum absolute atomic E-state index is 0.471. The molecule has 90 valence electrons. The molecule has 16 heavy (non-hydrogen) atoms. The number of nitrogens with two attached hydrogens (primary N) is 1. The van der Waals surface area contributed by atoms with Gasteiger partial charge in [-0.1, -0.05) is 18.0 Å². The molecule has 1 aromatic heterocycles. The Bertz CT molecular complexity index is 320. The molecule has 0 fully saturated rings. The fraction of sp³-hybridized carbons (Fsp3) is 0.545. The summed E-state index contributed by atoms with van der Waals surface area (Å²) in [4.78, 5) is 4.13. The van der Waals surface area contributed by atoms with E-state index in [9.17, 15) is 0 Å². The van der Waals surface area contributed by atoms with Crippen LogP contribution in [0.15, 0.2) is 12.1 Å². The fourth-order valence-electron chi connectivity index (χ4n) is 1.34. The van der Waals surface area contributed by atoms with Gasteiger partial charge in [0, 0.05) is 6.54 Å². The van der Waals surface area contributed by atoms with Crippen molar-refractivity contribution in [3.05, 3.63) is 17.3 Å². The number of hydrogen-bond acceptors (Lipinski definition) is 4. The van der Waals surface area contributed by atoms with E-state index in [4.69, 9.17) is 17.3 Å². The lowest BCUT2D eigenvalue weighted by Crippen LogP contribution is -2.06. The topological polar surface area (TPSA) is 50.9 Å². The lowest BCUT2D eigenvalue weighted by molar-refractivity contribution is 0.748. The maximum absolute atomic E-state index is 5.79. The highest BCUT2D eigenvalue weighted by atomic mass is 35.5. The molecule has 3 N–H and O–H groups in total. The van der Waals surface area contributed by atoms with Gasteiger partial charge in [-0.2, -0.15) is 11.8 Å². The Kier molecular flexibility index (Phi) is 6.42. The first kappa shape index (κ1) is 13.5. The van der Waals surface area contributed by atoms with Crippen LogP contribution >= 0.6 is 23.4 Å². The van der Waals surface area contributed by atoms with Gasteiger partial charge in [0.2, 0.25) is 0 Å². The van der Waals surface area contributed by atoms with Gasteiger partial charge in [0.15, 0.2) is 5.82 Å². The number of rotatable bonds is 7. The third-order valence-corrected chi connectivity index (χ3v) is 3.12. The van der Waals surface area contributed by atoms with Crippen LogP contribution in [0.4, 0.5) is 11.5 Å². The molecule has 5 heteroatoms. The van der Waals surface area contributed by atoms with Gasteiger partial charge in [-0.15, -0.1) is 0 Å². The minimum atomic E-state index is 0.471. The molecule has 0 radical (unpaired) electrons. The van der Waals surface area contributed by atoms with Crippen LogP contribution in [0.5, 0.6) is 0 Å². The van der Waals surface area contributed by atoms with Crippen LogP contribution in [0, 0.1) is 0 Å². The third kappa shape index (κ3) is 4.94. The maximum Gasteiger partial charge on any atom is 0.150 e. The van der Waals surface area contributed by atoms with Gasteiger partial charge >= 0.3 is 0 Å². The number of anilines is 2. The summed E-state index contributed by atoms with van der Waals surface area (Å²) < 4.78 is 0. The number of nitrogens with one attached hydrogen (secondary N) is 1. The summed E-state index contributed by atoms with van der Waals surface area (Å²) in [5.74, 6) is 1.93. The SMILES string of the molecule is CSCCCCCNc1nc(Cl)ccc1N. The van der Waals surface area contributed by atoms with Gasteiger partial charge in [-0.25, -0.2) is 4.98 Å². The molecule has 0 amide bonds. The van der Waals surface area contributed by atoms with Crippen LogP contribution in [0.25, 0.3) is 0 Å². The van der Waals surface area contributed by atoms with Gasteiger partial charge in [0.25, 0.3) is 0 Å². The number of nitrogens with zero attached hydrogens (tertiary/aromatic N) is 1. The predicted molar refractivity (Wildman–Crippen MR) is 74.4 cm³/mol. The van der Waals surface area contributed by atoms with E-state index in [1.807, 2.05) is 11.8 Å². The molecule has 0 saturated heterocycles. The van der Waals surface area contributed by atoms with E-state index in [0.717, 1.165) is 13.0 Å². The lowest BCUT2D eigenvalue weighted by Gasteiger charge is -2.08. The zero-order valence-electron chi connectivity index (χ0n) is 9.50. The molecule has 0 unspecified atom stereocenters. The number of hydrogen-bond donors (Lipinski definition) is 2. The molecule has 0 aliphatic carbocycles. The highest BCUT2D eigenvalue weighted by molar-refractivity contribution is 7.98. The highest BCUT2D eigenvalue weighted by Gasteiger charge is 2.00. The van der Waals surface area contributed by atoms with Crippen LogP contribution in [-0.4, -0.2) is 23.5 Å². The van der Waals surface area contributed by atoms with Crippen molar-refractivity contribution in [2.75, 3.05) is 29.6 Å². The molecule has 0 spiro atoms. The molecule has 0 atom stereocenters. The molecule has 3 nitrogen and oxygen atoms in total. The van der Waals surface area contributed by atoms with Crippen LogP contribution in [0.1, 0.15) is 19.3 Å². The van der Waals surface area contributed by atoms with Crippen molar-refractivity contribution in [3.63, 3.8) is 0 Å². The van der Waals surface area contributed by atoms with Gasteiger partial charge in [0.1, 0.15) is 5.15 Å². The molecular weight excluding hydrogens is 242 g/mol. The Morgan fingerprint density at radius 2 is 2.19 bits per heavy atom. The average molecular weight is 260 g/mol. The molecule has 0 aromatic carbocycles. The Morgan fingerprint density at radius 3 is 2.94 bits per heavy atom. The third-order valence-electron chi connectivity index (χ3n) is 2.21. The smallest absolute Gasteiger partial charge is 0.150 e.